The fourth-order valence-electron chi connectivity index (χ4n) is 1.64. The van der Waals surface area contributed by atoms with Gasteiger partial charge in [0.25, 0.3) is 0 Å². The average Bonchev–Trinajstić information content (AvgIpc) is 2.41. The fraction of sp³-hybridized carbons (Fsp3) is 0.364. The van der Waals surface area contributed by atoms with E-state index in [2.05, 4.69) is 5.32 Å². The largest absolute Gasteiger partial charge is 0.429 e. The van der Waals surface area contributed by atoms with Gasteiger partial charge >= 0.3 is 5.97 Å². The number of hydrogen-bond donors (Lipinski definition) is 1. The van der Waals surface area contributed by atoms with Crippen LogP contribution in [0.3, 0.4) is 0 Å². The number of alkyl halides is 1. The van der Waals surface area contributed by atoms with Gasteiger partial charge in [0.1, 0.15) is 6.04 Å². The Morgan fingerprint density at radius 2 is 2.13 bits per heavy atom. The molecule has 80 valence electrons. The van der Waals surface area contributed by atoms with Crippen molar-refractivity contribution in [3.8, 4) is 0 Å². The van der Waals surface area contributed by atoms with Crippen LogP contribution in [0.2, 0.25) is 0 Å². The Kier molecular flexibility index (Phi) is 2.67. The van der Waals surface area contributed by atoms with Gasteiger partial charge in [-0.2, -0.15) is 0 Å². The monoisotopic (exact) mass is 225 g/mol. The van der Waals surface area contributed by atoms with Crippen LogP contribution in [0.15, 0.2) is 30.3 Å². The highest BCUT2D eigenvalue weighted by molar-refractivity contribution is 6.23. The molecule has 1 aliphatic heterocycles. The highest BCUT2D eigenvalue weighted by atomic mass is 35.5. The van der Waals surface area contributed by atoms with Gasteiger partial charge < -0.3 is 4.74 Å². The van der Waals surface area contributed by atoms with Crippen molar-refractivity contribution in [3.63, 3.8) is 0 Å². The number of nitrogens with one attached hydrogen (secondary N) is 1. The normalized spacial score (nSPS) is 30.3. The highest BCUT2D eigenvalue weighted by Crippen LogP contribution is 2.22. The lowest BCUT2D eigenvalue weighted by atomic mass is 10.1. The number of hydrogen-bond acceptors (Lipinski definition) is 3. The number of rotatable bonds is 2. The summed E-state index contributed by atoms with van der Waals surface area (Å²) in [5.74, 6) is -0.295. The van der Waals surface area contributed by atoms with E-state index in [1.54, 1.807) is 6.92 Å². The summed E-state index contributed by atoms with van der Waals surface area (Å²) >= 11 is 5.87. The van der Waals surface area contributed by atoms with Crippen LogP contribution >= 0.6 is 11.6 Å². The molecule has 2 atom stereocenters. The van der Waals surface area contributed by atoms with Crippen molar-refractivity contribution in [2.45, 2.75) is 24.6 Å². The molecular weight excluding hydrogens is 214 g/mol. The molecule has 3 nitrogen and oxygen atoms in total. The molecule has 0 spiro atoms. The molecule has 1 aromatic carbocycles. The van der Waals surface area contributed by atoms with Crippen LogP contribution in [-0.4, -0.2) is 17.2 Å². The van der Waals surface area contributed by atoms with Crippen molar-refractivity contribution in [1.29, 1.82) is 0 Å². The summed E-state index contributed by atoms with van der Waals surface area (Å²) in [5.41, 5.74) is 1.08. The second-order valence-electron chi connectivity index (χ2n) is 3.72. The maximum absolute atomic E-state index is 11.4. The molecular formula is C11H12ClNO2. The Morgan fingerprint density at radius 3 is 2.67 bits per heavy atom. The van der Waals surface area contributed by atoms with Gasteiger partial charge in [-0.25, -0.2) is 0 Å². The van der Waals surface area contributed by atoms with Crippen molar-refractivity contribution in [2.24, 2.45) is 0 Å². The van der Waals surface area contributed by atoms with Gasteiger partial charge in [0.2, 0.25) is 5.18 Å². The lowest BCUT2D eigenvalue weighted by molar-refractivity contribution is -0.143. The Labute approximate surface area is 93.4 Å². The lowest BCUT2D eigenvalue weighted by Crippen LogP contribution is -2.37. The molecule has 0 saturated carbocycles. The predicted octanol–water partition coefficient (Wildman–Crippen LogP) is 1.66. The average molecular weight is 226 g/mol. The van der Waals surface area contributed by atoms with E-state index < -0.39 is 5.18 Å². The summed E-state index contributed by atoms with van der Waals surface area (Å²) in [6, 6.07) is 9.41. The molecule has 2 rings (SSSR count). The molecule has 1 heterocycles. The highest BCUT2D eigenvalue weighted by Gasteiger charge is 2.40. The molecule has 0 bridgehead atoms. The van der Waals surface area contributed by atoms with E-state index in [4.69, 9.17) is 16.3 Å². The maximum atomic E-state index is 11.4. The van der Waals surface area contributed by atoms with Gasteiger partial charge in [-0.3, -0.25) is 10.1 Å². The molecule has 4 heteroatoms. The third-order valence-corrected chi connectivity index (χ3v) is 2.48. The van der Waals surface area contributed by atoms with Gasteiger partial charge in [-0.15, -0.1) is 0 Å². The smallest absolute Gasteiger partial charge is 0.326 e. The van der Waals surface area contributed by atoms with Gasteiger partial charge in [-0.1, -0.05) is 41.9 Å². The van der Waals surface area contributed by atoms with Crippen molar-refractivity contribution in [1.82, 2.24) is 5.32 Å². The molecule has 0 amide bonds. The van der Waals surface area contributed by atoms with Gasteiger partial charge in [0.15, 0.2) is 0 Å². The summed E-state index contributed by atoms with van der Waals surface area (Å²) < 4.78 is 4.95. The van der Waals surface area contributed by atoms with Crippen LogP contribution in [0.5, 0.6) is 0 Å². The van der Waals surface area contributed by atoms with E-state index in [-0.39, 0.29) is 12.0 Å². The first-order valence-corrected chi connectivity index (χ1v) is 5.18. The lowest BCUT2D eigenvalue weighted by Gasteiger charge is -2.13. The zero-order valence-corrected chi connectivity index (χ0v) is 9.12. The molecule has 1 fully saturated rings. The van der Waals surface area contributed by atoms with Crippen LogP contribution in [-0.2, 0) is 16.0 Å². The van der Waals surface area contributed by atoms with E-state index in [1.165, 1.54) is 0 Å². The summed E-state index contributed by atoms with van der Waals surface area (Å²) in [4.78, 5) is 11.4. The Balaban J connectivity index is 2.05. The first-order valence-electron chi connectivity index (χ1n) is 4.80. The third-order valence-electron chi connectivity index (χ3n) is 2.29. The molecule has 1 N–H and O–H groups in total. The van der Waals surface area contributed by atoms with Crippen molar-refractivity contribution >= 4 is 17.6 Å². The molecule has 0 aromatic heterocycles. The minimum Gasteiger partial charge on any atom is -0.429 e. The van der Waals surface area contributed by atoms with Gasteiger partial charge in [0.05, 0.1) is 0 Å². The maximum Gasteiger partial charge on any atom is 0.326 e. The SMILES string of the molecule is C[C@]1(Cl)N[C@@H](Cc2ccccc2)C(=O)O1. The number of carbonyl (C=O) groups is 1. The molecule has 0 unspecified atom stereocenters. The zero-order valence-electron chi connectivity index (χ0n) is 8.37. The van der Waals surface area contributed by atoms with Crippen molar-refractivity contribution in [2.75, 3.05) is 0 Å². The summed E-state index contributed by atoms with van der Waals surface area (Å²) in [7, 11) is 0. The molecule has 1 saturated heterocycles. The third kappa shape index (κ3) is 2.49. The molecule has 1 aromatic rings. The van der Waals surface area contributed by atoms with Crippen LogP contribution in [0, 0.1) is 0 Å². The minimum atomic E-state index is -1.06. The number of cyclic esters (lactones) is 1. The van der Waals surface area contributed by atoms with Crippen LogP contribution in [0.1, 0.15) is 12.5 Å². The van der Waals surface area contributed by atoms with Crippen molar-refractivity contribution < 1.29 is 9.53 Å². The number of esters is 1. The van der Waals surface area contributed by atoms with Crippen LogP contribution < -0.4 is 5.32 Å². The second-order valence-corrected chi connectivity index (χ2v) is 4.45. The second kappa shape index (κ2) is 3.83. The van der Waals surface area contributed by atoms with E-state index in [0.717, 1.165) is 5.56 Å². The molecule has 0 radical (unpaired) electrons. The Bertz CT molecular complexity index is 364. The van der Waals surface area contributed by atoms with E-state index >= 15 is 0 Å². The van der Waals surface area contributed by atoms with Crippen LogP contribution in [0.25, 0.3) is 0 Å². The quantitative estimate of drug-likeness (QED) is 0.473. The zero-order chi connectivity index (χ0) is 10.9. The Morgan fingerprint density at radius 1 is 1.47 bits per heavy atom. The van der Waals surface area contributed by atoms with Gasteiger partial charge in [-0.05, 0) is 12.0 Å². The first kappa shape index (κ1) is 10.5. The molecule has 15 heavy (non-hydrogen) atoms. The first-order chi connectivity index (χ1) is 7.07. The van der Waals surface area contributed by atoms with Crippen LogP contribution in [0.4, 0.5) is 0 Å². The van der Waals surface area contributed by atoms with E-state index in [1.807, 2.05) is 30.3 Å². The molecule has 0 aliphatic carbocycles. The summed E-state index contributed by atoms with van der Waals surface area (Å²) in [6.45, 7) is 1.62. The van der Waals surface area contributed by atoms with Crippen molar-refractivity contribution in [3.05, 3.63) is 35.9 Å². The number of ether oxygens (including phenoxy) is 1. The standard InChI is InChI=1S/C11H12ClNO2/c1-11(12)13-9(10(14)15-11)7-8-5-3-2-4-6-8/h2-6,9,13H,7H2,1H3/t9-,11-/m0/s1. The Hall–Kier alpha value is -1.06. The molecule has 1 aliphatic rings. The number of carbonyl (C=O) groups excluding carboxylic acids is 1. The van der Waals surface area contributed by atoms with E-state index in [9.17, 15) is 4.79 Å². The summed E-state index contributed by atoms with van der Waals surface area (Å²) in [6.07, 6.45) is 0.599. The van der Waals surface area contributed by atoms with Gasteiger partial charge in [0, 0.05) is 6.92 Å². The topological polar surface area (TPSA) is 38.3 Å². The summed E-state index contributed by atoms with van der Waals surface area (Å²) in [5, 5.41) is 1.86. The minimum absolute atomic E-state index is 0.295. The fourth-order valence-corrected chi connectivity index (χ4v) is 1.85. The van der Waals surface area contributed by atoms with E-state index in [0.29, 0.717) is 6.42 Å². The predicted molar refractivity (Wildman–Crippen MR) is 57.4 cm³/mol. The number of halogens is 1. The number of benzene rings is 1.